The predicted octanol–water partition coefficient (Wildman–Crippen LogP) is 2.20. The number of ether oxygens (including phenoxy) is 1. The molecule has 0 aliphatic carbocycles. The van der Waals surface area contributed by atoms with Gasteiger partial charge in [0.1, 0.15) is 0 Å². The van der Waals surface area contributed by atoms with E-state index in [0.717, 1.165) is 10.5 Å². The molecule has 0 saturated carbocycles. The molecule has 2 N–H and O–H groups in total. The van der Waals surface area contributed by atoms with Crippen LogP contribution in [0, 0.1) is 0 Å². The Morgan fingerprint density at radius 1 is 1.26 bits per heavy atom. The van der Waals surface area contributed by atoms with Crippen LogP contribution in [0.25, 0.3) is 6.08 Å². The summed E-state index contributed by atoms with van der Waals surface area (Å²) >= 11 is 1.63. The lowest BCUT2D eigenvalue weighted by Gasteiger charge is -2.11. The summed E-state index contributed by atoms with van der Waals surface area (Å²) in [5.41, 5.74) is 0.846. The van der Waals surface area contributed by atoms with E-state index in [1.807, 2.05) is 30.5 Å². The van der Waals surface area contributed by atoms with Crippen molar-refractivity contribution in [2.24, 2.45) is 0 Å². The van der Waals surface area contributed by atoms with Gasteiger partial charge in [-0.2, -0.15) is 0 Å². The molecule has 23 heavy (non-hydrogen) atoms. The molecule has 1 unspecified atom stereocenters. The lowest BCUT2D eigenvalue weighted by Crippen LogP contribution is -2.44. The van der Waals surface area contributed by atoms with Gasteiger partial charge in [-0.15, -0.1) is 11.8 Å². The molecule has 7 heteroatoms. The summed E-state index contributed by atoms with van der Waals surface area (Å²) in [5.74, 6) is -1.33. The van der Waals surface area contributed by atoms with Gasteiger partial charge in [-0.25, -0.2) is 9.59 Å². The summed E-state index contributed by atoms with van der Waals surface area (Å²) in [7, 11) is 0. The first-order chi connectivity index (χ1) is 11.0. The fourth-order valence-electron chi connectivity index (χ4n) is 1.56. The van der Waals surface area contributed by atoms with Crippen LogP contribution in [0.4, 0.5) is 4.79 Å². The number of urea groups is 1. The van der Waals surface area contributed by atoms with Crippen LogP contribution in [0.5, 0.6) is 0 Å². The standard InChI is InChI=1S/C16H20N2O4S/c1-4-17-16(21)18-15(20)11(2)22-14(19)10-7-12-5-8-13(23-3)9-6-12/h5-11H,4H2,1-3H3,(H2,17,18,20,21). The normalized spacial score (nSPS) is 11.8. The van der Waals surface area contributed by atoms with Crippen molar-refractivity contribution in [3.8, 4) is 0 Å². The Balaban J connectivity index is 2.49. The molecule has 0 radical (unpaired) electrons. The summed E-state index contributed by atoms with van der Waals surface area (Å²) < 4.78 is 4.94. The third-order valence-corrected chi connectivity index (χ3v) is 3.51. The van der Waals surface area contributed by atoms with E-state index >= 15 is 0 Å². The molecule has 1 aromatic carbocycles. The van der Waals surface area contributed by atoms with E-state index in [-0.39, 0.29) is 0 Å². The molecule has 6 nitrogen and oxygen atoms in total. The maximum Gasteiger partial charge on any atom is 0.331 e. The number of carbonyl (C=O) groups is 3. The van der Waals surface area contributed by atoms with Gasteiger partial charge in [-0.1, -0.05) is 12.1 Å². The van der Waals surface area contributed by atoms with Crippen molar-refractivity contribution in [1.82, 2.24) is 10.6 Å². The van der Waals surface area contributed by atoms with Gasteiger partial charge in [0.2, 0.25) is 0 Å². The van der Waals surface area contributed by atoms with E-state index in [1.165, 1.54) is 13.0 Å². The Bertz CT molecular complexity index is 584. The average Bonchev–Trinajstić information content (AvgIpc) is 2.53. The number of imide groups is 1. The molecule has 0 fully saturated rings. The zero-order valence-electron chi connectivity index (χ0n) is 13.3. The summed E-state index contributed by atoms with van der Waals surface area (Å²) in [6, 6.07) is 7.02. The minimum atomic E-state index is -1.06. The maximum absolute atomic E-state index is 11.7. The van der Waals surface area contributed by atoms with Crippen LogP contribution in [0.15, 0.2) is 35.2 Å². The largest absolute Gasteiger partial charge is 0.449 e. The Hall–Kier alpha value is -2.28. The smallest absolute Gasteiger partial charge is 0.331 e. The van der Waals surface area contributed by atoms with Gasteiger partial charge in [0.05, 0.1) is 0 Å². The molecule has 0 aliphatic heterocycles. The zero-order chi connectivity index (χ0) is 17.2. The number of hydrogen-bond acceptors (Lipinski definition) is 5. The van der Waals surface area contributed by atoms with Crippen LogP contribution >= 0.6 is 11.8 Å². The lowest BCUT2D eigenvalue weighted by atomic mass is 10.2. The van der Waals surface area contributed by atoms with Crippen molar-refractivity contribution in [2.45, 2.75) is 24.8 Å². The van der Waals surface area contributed by atoms with E-state index in [4.69, 9.17) is 4.74 Å². The van der Waals surface area contributed by atoms with Crippen molar-refractivity contribution >= 4 is 35.7 Å². The summed E-state index contributed by atoms with van der Waals surface area (Å²) in [6.07, 6.45) is 3.76. The fraction of sp³-hybridized carbons (Fsp3) is 0.312. The van der Waals surface area contributed by atoms with Crippen LogP contribution in [0.1, 0.15) is 19.4 Å². The monoisotopic (exact) mass is 336 g/mol. The molecule has 0 saturated heterocycles. The van der Waals surface area contributed by atoms with Gasteiger partial charge < -0.3 is 10.1 Å². The molecule has 124 valence electrons. The maximum atomic E-state index is 11.7. The summed E-state index contributed by atoms with van der Waals surface area (Å²) in [4.78, 5) is 35.6. The number of hydrogen-bond donors (Lipinski definition) is 2. The zero-order valence-corrected chi connectivity index (χ0v) is 14.1. The Morgan fingerprint density at radius 3 is 2.48 bits per heavy atom. The lowest BCUT2D eigenvalue weighted by molar-refractivity contribution is -0.149. The van der Waals surface area contributed by atoms with Gasteiger partial charge in [-0.05, 0) is 43.9 Å². The molecule has 0 aromatic heterocycles. The first-order valence-corrected chi connectivity index (χ1v) is 8.30. The summed E-state index contributed by atoms with van der Waals surface area (Å²) in [5, 5.41) is 4.49. The second-order valence-corrected chi connectivity index (χ2v) is 5.41. The van der Waals surface area contributed by atoms with Crippen molar-refractivity contribution in [1.29, 1.82) is 0 Å². The fourth-order valence-corrected chi connectivity index (χ4v) is 1.97. The average molecular weight is 336 g/mol. The Morgan fingerprint density at radius 2 is 1.91 bits per heavy atom. The highest BCUT2D eigenvalue weighted by Crippen LogP contribution is 2.15. The van der Waals surface area contributed by atoms with Crippen molar-refractivity contribution in [3.63, 3.8) is 0 Å². The predicted molar refractivity (Wildman–Crippen MR) is 90.0 cm³/mol. The third kappa shape index (κ3) is 7.01. The van der Waals surface area contributed by atoms with Crippen molar-refractivity contribution in [3.05, 3.63) is 35.9 Å². The minimum absolute atomic E-state index is 0.394. The molecule has 1 atom stereocenters. The number of nitrogens with one attached hydrogen (secondary N) is 2. The molecule has 1 rings (SSSR count). The first kappa shape index (κ1) is 18.8. The highest BCUT2D eigenvalue weighted by molar-refractivity contribution is 7.98. The Labute approximate surface area is 139 Å². The van der Waals surface area contributed by atoms with E-state index in [9.17, 15) is 14.4 Å². The van der Waals surface area contributed by atoms with Gasteiger partial charge in [0.25, 0.3) is 5.91 Å². The molecule has 0 spiro atoms. The SMILES string of the molecule is CCNC(=O)NC(=O)C(C)OC(=O)C=Cc1ccc(SC)cc1. The molecular formula is C16H20N2O4S. The van der Waals surface area contributed by atoms with E-state index < -0.39 is 24.0 Å². The number of thioether (sulfide) groups is 1. The van der Waals surface area contributed by atoms with E-state index in [2.05, 4.69) is 10.6 Å². The van der Waals surface area contributed by atoms with Crippen LogP contribution in [0.3, 0.4) is 0 Å². The van der Waals surface area contributed by atoms with Gasteiger partial charge >= 0.3 is 12.0 Å². The first-order valence-electron chi connectivity index (χ1n) is 7.07. The van der Waals surface area contributed by atoms with Crippen LogP contribution in [-0.2, 0) is 14.3 Å². The molecular weight excluding hydrogens is 316 g/mol. The number of amides is 3. The van der Waals surface area contributed by atoms with Gasteiger partial charge in [-0.3, -0.25) is 10.1 Å². The Kier molecular flexibility index (Phi) is 7.90. The highest BCUT2D eigenvalue weighted by atomic mass is 32.2. The van der Waals surface area contributed by atoms with Crippen molar-refractivity contribution in [2.75, 3.05) is 12.8 Å². The van der Waals surface area contributed by atoms with Crippen molar-refractivity contribution < 1.29 is 19.1 Å². The van der Waals surface area contributed by atoms with Crippen LogP contribution < -0.4 is 10.6 Å². The molecule has 1 aromatic rings. The number of carbonyl (C=O) groups excluding carboxylic acids is 3. The van der Waals surface area contributed by atoms with E-state index in [1.54, 1.807) is 24.8 Å². The molecule has 0 bridgehead atoms. The van der Waals surface area contributed by atoms with Gasteiger partial charge in [0, 0.05) is 17.5 Å². The second kappa shape index (κ2) is 9.68. The van der Waals surface area contributed by atoms with E-state index in [0.29, 0.717) is 6.54 Å². The molecule has 3 amide bonds. The topological polar surface area (TPSA) is 84.5 Å². The minimum Gasteiger partial charge on any atom is -0.449 e. The molecule has 0 heterocycles. The second-order valence-electron chi connectivity index (χ2n) is 4.53. The summed E-state index contributed by atoms with van der Waals surface area (Å²) in [6.45, 7) is 3.52. The highest BCUT2D eigenvalue weighted by Gasteiger charge is 2.18. The number of esters is 1. The number of rotatable bonds is 6. The third-order valence-electron chi connectivity index (χ3n) is 2.76. The van der Waals surface area contributed by atoms with Gasteiger partial charge in [0.15, 0.2) is 6.10 Å². The quantitative estimate of drug-likeness (QED) is 0.473. The number of benzene rings is 1. The van der Waals surface area contributed by atoms with Crippen LogP contribution in [-0.4, -0.2) is 36.8 Å². The van der Waals surface area contributed by atoms with Crippen LogP contribution in [0.2, 0.25) is 0 Å². The molecule has 0 aliphatic rings.